The Bertz CT molecular complexity index is 2480. The van der Waals surface area contributed by atoms with Gasteiger partial charge in [-0.3, -0.25) is 0 Å². The third-order valence-corrected chi connectivity index (χ3v) is 15.1. The van der Waals surface area contributed by atoms with Crippen LogP contribution in [0.15, 0.2) is 127 Å². The zero-order valence-electron chi connectivity index (χ0n) is 30.6. The van der Waals surface area contributed by atoms with Crippen molar-refractivity contribution in [3.05, 3.63) is 139 Å². The van der Waals surface area contributed by atoms with Crippen LogP contribution in [0.25, 0.3) is 27.5 Å². The van der Waals surface area contributed by atoms with Gasteiger partial charge in [0.05, 0.1) is 5.52 Å². The summed E-state index contributed by atoms with van der Waals surface area (Å²) in [4.78, 5) is 2.54. The van der Waals surface area contributed by atoms with Crippen LogP contribution in [-0.4, -0.2) is 19.4 Å². The first kappa shape index (κ1) is 31.2. The van der Waals surface area contributed by atoms with E-state index in [-0.39, 0.29) is 17.5 Å². The highest BCUT2D eigenvalue weighted by atomic mass is 28.3. The standard InChI is InChI=1S/C46H45BN2Si/c1-45(2,3)30-23-24-39-35(25-30)36-26-31(46(4,5)6)27-38-44(36)49(39)42-29-34(50(7,8)33-19-13-10-14-20-33)28-41-43(42)47(38)37-21-15-16-22-40(37)48(41)32-17-11-9-12-18-32/h9-29H,1-8H3. The van der Waals surface area contributed by atoms with Gasteiger partial charge < -0.3 is 9.47 Å². The number of nitrogens with zero attached hydrogens (tertiary/aromatic N) is 2. The summed E-state index contributed by atoms with van der Waals surface area (Å²) in [5, 5.41) is 5.63. The van der Waals surface area contributed by atoms with Gasteiger partial charge >= 0.3 is 0 Å². The zero-order chi connectivity index (χ0) is 34.7. The second kappa shape index (κ2) is 10.6. The normalized spacial score (nSPS) is 13.9. The molecular formula is C46H45BN2Si. The lowest BCUT2D eigenvalue weighted by atomic mass is 9.33. The molecule has 7 aromatic rings. The smallest absolute Gasteiger partial charge is 0.252 e. The highest BCUT2D eigenvalue weighted by Gasteiger charge is 2.44. The number of rotatable bonds is 3. The van der Waals surface area contributed by atoms with E-state index in [0.717, 1.165) is 0 Å². The van der Waals surface area contributed by atoms with Crippen LogP contribution < -0.4 is 31.7 Å². The molecule has 0 aliphatic carbocycles. The summed E-state index contributed by atoms with van der Waals surface area (Å²) >= 11 is 0. The molecule has 0 unspecified atom stereocenters. The van der Waals surface area contributed by atoms with Crippen LogP contribution in [-0.2, 0) is 10.8 Å². The molecule has 2 aliphatic heterocycles. The molecule has 0 N–H and O–H groups in total. The Hall–Kier alpha value is -4.80. The Morgan fingerprint density at radius 1 is 0.520 bits per heavy atom. The highest BCUT2D eigenvalue weighted by molar-refractivity contribution is 7.02. The Morgan fingerprint density at radius 2 is 1.14 bits per heavy atom. The van der Waals surface area contributed by atoms with Crippen molar-refractivity contribution in [3.8, 4) is 5.69 Å². The van der Waals surface area contributed by atoms with Gasteiger partial charge in [-0.05, 0) is 86.9 Å². The molecule has 0 spiro atoms. The predicted molar refractivity (Wildman–Crippen MR) is 221 cm³/mol. The number of hydrogen-bond acceptors (Lipinski definition) is 1. The van der Waals surface area contributed by atoms with E-state index in [9.17, 15) is 0 Å². The molecule has 0 amide bonds. The van der Waals surface area contributed by atoms with Crippen molar-refractivity contribution in [2.75, 3.05) is 4.90 Å². The van der Waals surface area contributed by atoms with Crippen molar-refractivity contribution < 1.29 is 0 Å². The fourth-order valence-corrected chi connectivity index (χ4v) is 11.0. The number of anilines is 3. The minimum absolute atomic E-state index is 0.00326. The van der Waals surface area contributed by atoms with Crippen molar-refractivity contribution in [1.82, 2.24) is 4.57 Å². The molecule has 2 aliphatic rings. The summed E-state index contributed by atoms with van der Waals surface area (Å²) in [5.74, 6) is 0. The zero-order valence-corrected chi connectivity index (χ0v) is 31.6. The molecule has 9 rings (SSSR count). The average molecular weight is 665 g/mol. The third-order valence-electron chi connectivity index (χ3n) is 11.6. The van der Waals surface area contributed by atoms with Gasteiger partial charge in [-0.1, -0.05) is 144 Å². The van der Waals surface area contributed by atoms with Crippen molar-refractivity contribution in [1.29, 1.82) is 0 Å². The first-order chi connectivity index (χ1) is 23.8. The Kier molecular flexibility index (Phi) is 6.62. The number of benzene rings is 6. The highest BCUT2D eigenvalue weighted by Crippen LogP contribution is 2.43. The van der Waals surface area contributed by atoms with Crippen molar-refractivity contribution in [2.24, 2.45) is 0 Å². The molecule has 4 heteroatoms. The molecule has 0 atom stereocenters. The van der Waals surface area contributed by atoms with Gasteiger partial charge in [-0.25, -0.2) is 0 Å². The van der Waals surface area contributed by atoms with Gasteiger partial charge in [0.15, 0.2) is 0 Å². The van der Waals surface area contributed by atoms with Crippen LogP contribution in [0.3, 0.4) is 0 Å². The van der Waals surface area contributed by atoms with Crippen LogP contribution in [0, 0.1) is 0 Å². The molecule has 6 aromatic carbocycles. The van der Waals surface area contributed by atoms with Gasteiger partial charge in [-0.15, -0.1) is 0 Å². The first-order valence-electron chi connectivity index (χ1n) is 18.2. The number of para-hydroxylation sites is 2. The molecule has 50 heavy (non-hydrogen) atoms. The minimum Gasteiger partial charge on any atom is -0.311 e. The molecule has 0 bridgehead atoms. The lowest BCUT2D eigenvalue weighted by Gasteiger charge is -2.41. The summed E-state index contributed by atoms with van der Waals surface area (Å²) in [7, 11) is -2.11. The molecule has 0 saturated heterocycles. The Labute approximate surface area is 298 Å². The van der Waals surface area contributed by atoms with E-state index in [1.165, 1.54) is 82.4 Å². The lowest BCUT2D eigenvalue weighted by Crippen LogP contribution is -2.62. The second-order valence-electron chi connectivity index (χ2n) is 17.1. The summed E-state index contributed by atoms with van der Waals surface area (Å²) in [6.07, 6.45) is 0. The minimum atomic E-state index is -2.11. The van der Waals surface area contributed by atoms with Crippen LogP contribution in [0.1, 0.15) is 52.7 Å². The van der Waals surface area contributed by atoms with Gasteiger partial charge in [0.25, 0.3) is 6.71 Å². The molecular weight excluding hydrogens is 619 g/mol. The quantitative estimate of drug-likeness (QED) is 0.172. The first-order valence-corrected chi connectivity index (χ1v) is 21.2. The van der Waals surface area contributed by atoms with Crippen molar-refractivity contribution >= 4 is 80.4 Å². The van der Waals surface area contributed by atoms with Gasteiger partial charge in [-0.2, -0.15) is 0 Å². The number of hydrogen-bond donors (Lipinski definition) is 0. The second-order valence-corrected chi connectivity index (χ2v) is 21.5. The largest absolute Gasteiger partial charge is 0.311 e. The topological polar surface area (TPSA) is 8.17 Å². The van der Waals surface area contributed by atoms with E-state index in [2.05, 4.69) is 191 Å². The Balaban J connectivity index is 1.48. The monoisotopic (exact) mass is 664 g/mol. The maximum Gasteiger partial charge on any atom is 0.252 e. The third kappa shape index (κ3) is 4.47. The predicted octanol–water partition coefficient (Wildman–Crippen LogP) is 8.81. The summed E-state index contributed by atoms with van der Waals surface area (Å²) in [6, 6.07) is 48.8. The summed E-state index contributed by atoms with van der Waals surface area (Å²) in [5.41, 5.74) is 14.8. The van der Waals surface area contributed by atoms with Crippen molar-refractivity contribution in [3.63, 3.8) is 0 Å². The van der Waals surface area contributed by atoms with E-state index in [4.69, 9.17) is 0 Å². The van der Waals surface area contributed by atoms with Crippen LogP contribution in [0.4, 0.5) is 17.1 Å². The number of fused-ring (bicyclic) bond motifs is 7. The van der Waals surface area contributed by atoms with E-state index in [1.54, 1.807) is 0 Å². The maximum absolute atomic E-state index is 2.64. The van der Waals surface area contributed by atoms with Gasteiger partial charge in [0.1, 0.15) is 8.07 Å². The van der Waals surface area contributed by atoms with E-state index in [0.29, 0.717) is 0 Å². The molecule has 2 nitrogen and oxygen atoms in total. The van der Waals surface area contributed by atoms with E-state index >= 15 is 0 Å². The fraction of sp³-hybridized carbons (Fsp3) is 0.217. The van der Waals surface area contributed by atoms with Crippen molar-refractivity contribution in [2.45, 2.75) is 65.5 Å². The van der Waals surface area contributed by atoms with E-state index < -0.39 is 8.07 Å². The molecule has 0 saturated carbocycles. The van der Waals surface area contributed by atoms with Crippen LogP contribution in [0.2, 0.25) is 13.1 Å². The lowest BCUT2D eigenvalue weighted by molar-refractivity contribution is 0.590. The van der Waals surface area contributed by atoms with Gasteiger partial charge in [0.2, 0.25) is 0 Å². The fourth-order valence-electron chi connectivity index (χ4n) is 8.62. The molecule has 0 radical (unpaired) electrons. The summed E-state index contributed by atoms with van der Waals surface area (Å²) < 4.78 is 2.64. The number of aromatic nitrogens is 1. The summed E-state index contributed by atoms with van der Waals surface area (Å²) in [6.45, 7) is 19.2. The molecule has 1 aromatic heterocycles. The molecule has 246 valence electrons. The van der Waals surface area contributed by atoms with Crippen LogP contribution >= 0.6 is 0 Å². The maximum atomic E-state index is 2.64. The molecule has 3 heterocycles. The average Bonchev–Trinajstić information content (AvgIpc) is 3.44. The van der Waals surface area contributed by atoms with E-state index in [1.807, 2.05) is 0 Å². The van der Waals surface area contributed by atoms with Crippen LogP contribution in [0.5, 0.6) is 0 Å². The Morgan fingerprint density at radius 3 is 1.84 bits per heavy atom. The SMILES string of the molecule is CC(C)(C)c1ccc2c(c1)c1cc(C(C)(C)C)cc3c1n2-c1cc([Si](C)(C)c2ccccc2)cc2c1B3c1ccccc1N2c1ccccc1. The molecule has 0 fully saturated rings. The van der Waals surface area contributed by atoms with Gasteiger partial charge in [0, 0.05) is 39.0 Å².